The second-order valence-corrected chi connectivity index (χ2v) is 10.9. The van der Waals surface area contributed by atoms with Gasteiger partial charge in [-0.25, -0.2) is 23.2 Å². The standard InChI is InChI=1S/C23H30N4O5S/c1-15-18-10-9-17(33(3,30)31)13-19(18)25-23(24-15)26-11-6-7-16(14-26)21(28)27-12-5-4-8-20(27)22(29)32-2/h9-10,13,16,20H,4-8,11-12,14H2,1-3H3/t16-,20-/m0/s1. The Morgan fingerprint density at radius 2 is 1.88 bits per heavy atom. The van der Waals surface area contributed by atoms with E-state index in [1.165, 1.54) is 13.4 Å². The fourth-order valence-electron chi connectivity index (χ4n) is 4.80. The molecule has 0 spiro atoms. The first kappa shape index (κ1) is 23.4. The van der Waals surface area contributed by atoms with E-state index in [2.05, 4.69) is 9.97 Å². The summed E-state index contributed by atoms with van der Waals surface area (Å²) in [6.07, 6.45) is 5.13. The zero-order valence-corrected chi connectivity index (χ0v) is 20.1. The van der Waals surface area contributed by atoms with Gasteiger partial charge in [0.05, 0.1) is 29.1 Å². The first-order valence-electron chi connectivity index (χ1n) is 11.3. The van der Waals surface area contributed by atoms with Gasteiger partial charge in [-0.3, -0.25) is 4.79 Å². The summed E-state index contributed by atoms with van der Waals surface area (Å²) in [6.45, 7) is 3.60. The summed E-state index contributed by atoms with van der Waals surface area (Å²) in [5, 5.41) is 0.796. The van der Waals surface area contributed by atoms with Crippen molar-refractivity contribution in [2.75, 3.05) is 37.9 Å². The van der Waals surface area contributed by atoms with E-state index >= 15 is 0 Å². The zero-order valence-electron chi connectivity index (χ0n) is 19.3. The summed E-state index contributed by atoms with van der Waals surface area (Å²) < 4.78 is 28.9. The lowest BCUT2D eigenvalue weighted by atomic mass is 9.93. The number of methoxy groups -OCH3 is 1. The minimum absolute atomic E-state index is 0.0216. The van der Waals surface area contributed by atoms with Gasteiger partial charge in [-0.15, -0.1) is 0 Å². The van der Waals surface area contributed by atoms with Crippen molar-refractivity contribution in [1.82, 2.24) is 14.9 Å². The number of nitrogens with zero attached hydrogens (tertiary/aromatic N) is 4. The zero-order chi connectivity index (χ0) is 23.8. The van der Waals surface area contributed by atoms with Crippen LogP contribution in [0, 0.1) is 12.8 Å². The highest BCUT2D eigenvalue weighted by Gasteiger charge is 2.38. The number of aromatic nitrogens is 2. The number of hydrogen-bond donors (Lipinski definition) is 0. The first-order valence-corrected chi connectivity index (χ1v) is 13.2. The van der Waals surface area contributed by atoms with E-state index in [1.807, 2.05) is 11.8 Å². The summed E-state index contributed by atoms with van der Waals surface area (Å²) in [5.41, 5.74) is 1.32. The van der Waals surface area contributed by atoms with Crippen molar-refractivity contribution in [2.24, 2.45) is 5.92 Å². The lowest BCUT2D eigenvalue weighted by Crippen LogP contribution is -2.53. The predicted octanol–water partition coefficient (Wildman–Crippen LogP) is 2.11. The van der Waals surface area contributed by atoms with E-state index < -0.39 is 15.9 Å². The molecular formula is C23H30N4O5S. The molecule has 2 fully saturated rings. The van der Waals surface area contributed by atoms with E-state index in [9.17, 15) is 18.0 Å². The first-order chi connectivity index (χ1) is 15.7. The highest BCUT2D eigenvalue weighted by Crippen LogP contribution is 2.28. The van der Waals surface area contributed by atoms with Crippen LogP contribution in [0.2, 0.25) is 0 Å². The van der Waals surface area contributed by atoms with Crippen LogP contribution in [-0.2, 0) is 24.2 Å². The SMILES string of the molecule is COC(=O)[C@@H]1CCCCN1C(=O)[C@H]1CCCN(c2nc(C)c3ccc(S(C)(=O)=O)cc3n2)C1. The Morgan fingerprint density at radius 1 is 1.09 bits per heavy atom. The van der Waals surface area contributed by atoms with E-state index in [0.29, 0.717) is 37.5 Å². The molecule has 0 aliphatic carbocycles. The van der Waals surface area contributed by atoms with Crippen LogP contribution in [0.25, 0.3) is 10.9 Å². The smallest absolute Gasteiger partial charge is 0.328 e. The molecule has 0 unspecified atom stereocenters. The summed E-state index contributed by atoms with van der Waals surface area (Å²) in [6, 6.07) is 4.36. The van der Waals surface area contributed by atoms with E-state index in [4.69, 9.17) is 4.74 Å². The quantitative estimate of drug-likeness (QED) is 0.620. The molecule has 4 rings (SSSR count). The van der Waals surface area contributed by atoms with Crippen LogP contribution in [0.15, 0.2) is 23.1 Å². The van der Waals surface area contributed by atoms with Crippen molar-refractivity contribution in [2.45, 2.75) is 50.0 Å². The van der Waals surface area contributed by atoms with Gasteiger partial charge in [0.15, 0.2) is 9.84 Å². The topological polar surface area (TPSA) is 110 Å². The minimum Gasteiger partial charge on any atom is -0.467 e. The third kappa shape index (κ3) is 4.80. The largest absolute Gasteiger partial charge is 0.467 e. The fraction of sp³-hybridized carbons (Fsp3) is 0.565. The fourth-order valence-corrected chi connectivity index (χ4v) is 5.44. The number of carbonyl (C=O) groups excluding carboxylic acids is 2. The van der Waals surface area contributed by atoms with Crippen LogP contribution in [-0.4, -0.2) is 74.2 Å². The molecule has 0 saturated carbocycles. The third-order valence-corrected chi connectivity index (χ3v) is 7.70. The number of amides is 1. The maximum Gasteiger partial charge on any atom is 0.328 e. The summed E-state index contributed by atoms with van der Waals surface area (Å²) in [4.78, 5) is 38.8. The number of hydrogen-bond acceptors (Lipinski definition) is 8. The van der Waals surface area contributed by atoms with Crippen molar-refractivity contribution in [3.63, 3.8) is 0 Å². The number of sulfone groups is 1. The molecule has 0 N–H and O–H groups in total. The Labute approximate surface area is 194 Å². The number of ether oxygens (including phenoxy) is 1. The van der Waals surface area contributed by atoms with Gasteiger partial charge in [-0.1, -0.05) is 0 Å². The third-order valence-electron chi connectivity index (χ3n) is 6.59. The van der Waals surface area contributed by atoms with Gasteiger partial charge in [0.25, 0.3) is 0 Å². The number of rotatable bonds is 4. The van der Waals surface area contributed by atoms with Crippen LogP contribution in [0.4, 0.5) is 5.95 Å². The predicted molar refractivity (Wildman–Crippen MR) is 124 cm³/mol. The van der Waals surface area contributed by atoms with Crippen molar-refractivity contribution in [3.05, 3.63) is 23.9 Å². The van der Waals surface area contributed by atoms with Crippen LogP contribution in [0.5, 0.6) is 0 Å². The summed E-state index contributed by atoms with van der Waals surface area (Å²) >= 11 is 0. The summed E-state index contributed by atoms with van der Waals surface area (Å²) in [7, 11) is -2.00. The van der Waals surface area contributed by atoms with Crippen LogP contribution in [0.3, 0.4) is 0 Å². The van der Waals surface area contributed by atoms with Crippen molar-refractivity contribution < 1.29 is 22.7 Å². The Bertz CT molecular complexity index is 1180. The van der Waals surface area contributed by atoms with E-state index in [1.54, 1.807) is 23.1 Å². The molecule has 178 valence electrons. The molecule has 1 aromatic carbocycles. The molecule has 3 heterocycles. The number of benzene rings is 1. The number of likely N-dealkylation sites (tertiary alicyclic amines) is 1. The lowest BCUT2D eigenvalue weighted by molar-refractivity contribution is -0.156. The minimum atomic E-state index is -3.35. The molecular weight excluding hydrogens is 444 g/mol. The molecule has 1 aromatic heterocycles. The number of fused-ring (bicyclic) bond motifs is 1. The normalized spacial score (nSPS) is 21.8. The molecule has 2 saturated heterocycles. The number of esters is 1. The van der Waals surface area contributed by atoms with Crippen LogP contribution < -0.4 is 4.90 Å². The second-order valence-electron chi connectivity index (χ2n) is 8.91. The van der Waals surface area contributed by atoms with Gasteiger partial charge in [-0.2, -0.15) is 0 Å². The van der Waals surface area contributed by atoms with Gasteiger partial charge in [0, 0.05) is 31.3 Å². The highest BCUT2D eigenvalue weighted by atomic mass is 32.2. The number of piperidine rings is 2. The monoisotopic (exact) mass is 474 g/mol. The molecule has 9 nitrogen and oxygen atoms in total. The number of aryl methyl sites for hydroxylation is 1. The highest BCUT2D eigenvalue weighted by molar-refractivity contribution is 7.90. The molecule has 2 aromatic rings. The van der Waals surface area contributed by atoms with E-state index in [0.717, 1.165) is 36.8 Å². The summed E-state index contributed by atoms with van der Waals surface area (Å²) in [5.74, 6) is -0.144. The maximum absolute atomic E-state index is 13.4. The van der Waals surface area contributed by atoms with Crippen LogP contribution >= 0.6 is 0 Å². The molecule has 33 heavy (non-hydrogen) atoms. The van der Waals surface area contributed by atoms with Crippen molar-refractivity contribution >= 4 is 38.6 Å². The van der Waals surface area contributed by atoms with Gasteiger partial charge in [0.1, 0.15) is 6.04 Å². The molecule has 2 atom stereocenters. The van der Waals surface area contributed by atoms with Gasteiger partial charge in [-0.05, 0) is 57.2 Å². The number of carbonyl (C=O) groups is 2. The Kier molecular flexibility index (Phi) is 6.56. The maximum atomic E-state index is 13.4. The lowest BCUT2D eigenvalue weighted by Gasteiger charge is -2.39. The van der Waals surface area contributed by atoms with Gasteiger partial charge in [0.2, 0.25) is 11.9 Å². The molecule has 0 bridgehead atoms. The molecule has 0 radical (unpaired) electrons. The average Bonchev–Trinajstić information content (AvgIpc) is 2.82. The Balaban J connectivity index is 1.59. The van der Waals surface area contributed by atoms with Crippen LogP contribution in [0.1, 0.15) is 37.8 Å². The Morgan fingerprint density at radius 3 is 2.61 bits per heavy atom. The molecule has 10 heteroatoms. The van der Waals surface area contributed by atoms with Crippen molar-refractivity contribution in [3.8, 4) is 0 Å². The number of anilines is 1. The Hall–Kier alpha value is -2.75. The molecule has 2 aliphatic heterocycles. The van der Waals surface area contributed by atoms with E-state index in [-0.39, 0.29) is 22.7 Å². The van der Waals surface area contributed by atoms with Gasteiger partial charge >= 0.3 is 5.97 Å². The van der Waals surface area contributed by atoms with Gasteiger partial charge < -0.3 is 14.5 Å². The van der Waals surface area contributed by atoms with Crippen molar-refractivity contribution in [1.29, 1.82) is 0 Å². The average molecular weight is 475 g/mol. The molecule has 2 aliphatic rings. The molecule has 1 amide bonds. The second kappa shape index (κ2) is 9.24.